The number of anilines is 1. The zero-order valence-corrected chi connectivity index (χ0v) is 14.7. The third-order valence-electron chi connectivity index (χ3n) is 3.15. The molecule has 0 radical (unpaired) electrons. The number of carboxylic acid groups (broad SMARTS) is 1. The van der Waals surface area contributed by atoms with E-state index in [1.54, 1.807) is 24.3 Å². The van der Waals surface area contributed by atoms with Crippen LogP contribution in [0.2, 0.25) is 5.02 Å². The topological polar surface area (TPSA) is 66.6 Å². The summed E-state index contributed by atoms with van der Waals surface area (Å²) in [6.07, 6.45) is 1.31. The highest BCUT2D eigenvalue weighted by Gasteiger charge is 2.15. The van der Waals surface area contributed by atoms with E-state index in [4.69, 9.17) is 22.6 Å². The summed E-state index contributed by atoms with van der Waals surface area (Å²) in [5.41, 5.74) is 1.20. The van der Waals surface area contributed by atoms with Gasteiger partial charge >= 0.3 is 5.97 Å². The number of carboxylic acids is 1. The van der Waals surface area contributed by atoms with E-state index in [1.165, 1.54) is 29.3 Å². The summed E-state index contributed by atoms with van der Waals surface area (Å²) >= 11 is 9.08. The molecule has 2 rings (SSSR count). The number of hydrogen-bond donors (Lipinski definition) is 2. The Balaban J connectivity index is 2.56. The van der Waals surface area contributed by atoms with Crippen molar-refractivity contribution in [3.8, 4) is 0 Å². The van der Waals surface area contributed by atoms with Gasteiger partial charge in [-0.25, -0.2) is 15.0 Å². The van der Waals surface area contributed by atoms with Gasteiger partial charge in [0.2, 0.25) is 0 Å². The monoisotopic (exact) mass is 410 g/mol. The van der Waals surface area contributed by atoms with Crippen molar-refractivity contribution in [1.29, 1.82) is 0 Å². The number of aliphatic carboxylic acids is 1. The van der Waals surface area contributed by atoms with Crippen molar-refractivity contribution in [3.63, 3.8) is 0 Å². The fourth-order valence-electron chi connectivity index (χ4n) is 1.94. The van der Waals surface area contributed by atoms with E-state index in [-0.39, 0.29) is 10.0 Å². The minimum absolute atomic E-state index is 0.164. The average Bonchev–Trinajstić information content (AvgIpc) is 2.54. The number of hydrogen-bond acceptors (Lipinski definition) is 3. The molecule has 0 aliphatic carbocycles. The Kier molecular flexibility index (Phi) is 5.77. The van der Waals surface area contributed by atoms with Crippen LogP contribution in [0.4, 0.5) is 10.1 Å². The number of benzene rings is 2. The van der Waals surface area contributed by atoms with Crippen LogP contribution in [0.5, 0.6) is 0 Å². The minimum Gasteiger partial charge on any atom is -0.478 e. The molecule has 0 saturated heterocycles. The van der Waals surface area contributed by atoms with E-state index in [2.05, 4.69) is 22.5 Å². The lowest BCUT2D eigenvalue weighted by Gasteiger charge is -2.23. The molecule has 3 N–H and O–H groups in total. The van der Waals surface area contributed by atoms with Crippen LogP contribution in [0.3, 0.4) is 0 Å². The number of hydrazine groups is 1. The first kappa shape index (κ1) is 18.2. The molecule has 0 fully saturated rings. The zero-order chi connectivity index (χ0) is 17.9. The second kappa shape index (κ2) is 7.61. The van der Waals surface area contributed by atoms with Crippen LogP contribution in [0.25, 0.3) is 5.70 Å². The smallest absolute Gasteiger partial charge is 0.335 e. The van der Waals surface area contributed by atoms with Gasteiger partial charge in [-0.1, -0.05) is 24.2 Å². The highest BCUT2D eigenvalue weighted by Crippen LogP contribution is 2.28. The molecule has 0 aromatic heterocycles. The van der Waals surface area contributed by atoms with Gasteiger partial charge in [-0.05, 0) is 58.4 Å². The molecule has 0 heterocycles. The third-order valence-corrected chi connectivity index (χ3v) is 3.99. The summed E-state index contributed by atoms with van der Waals surface area (Å²) in [4.78, 5) is 11.1. The van der Waals surface area contributed by atoms with Gasteiger partial charge in [-0.2, -0.15) is 0 Å². The SMILES string of the molecule is C=C(/C=C(/c1ccc(F)c(Br)c1)N(N)c1cccc(Cl)c1)C(=O)O. The Bertz CT molecular complexity index is 839. The molecule has 2 aromatic rings. The Morgan fingerprint density at radius 2 is 2.04 bits per heavy atom. The largest absolute Gasteiger partial charge is 0.478 e. The molecule has 7 heteroatoms. The van der Waals surface area contributed by atoms with E-state index in [0.29, 0.717) is 22.0 Å². The van der Waals surface area contributed by atoms with Gasteiger partial charge in [0.25, 0.3) is 0 Å². The zero-order valence-electron chi connectivity index (χ0n) is 12.3. The van der Waals surface area contributed by atoms with Crippen molar-refractivity contribution in [2.24, 2.45) is 5.84 Å². The first-order chi connectivity index (χ1) is 11.3. The van der Waals surface area contributed by atoms with Gasteiger partial charge in [-0.3, -0.25) is 5.01 Å². The van der Waals surface area contributed by atoms with Gasteiger partial charge < -0.3 is 5.11 Å². The van der Waals surface area contributed by atoms with Crippen molar-refractivity contribution < 1.29 is 14.3 Å². The molecule has 0 bridgehead atoms. The van der Waals surface area contributed by atoms with Gasteiger partial charge in [0, 0.05) is 10.6 Å². The summed E-state index contributed by atoms with van der Waals surface area (Å²) < 4.78 is 13.7. The number of rotatable bonds is 5. The van der Waals surface area contributed by atoms with Crippen molar-refractivity contribution in [2.45, 2.75) is 0 Å². The fraction of sp³-hybridized carbons (Fsp3) is 0. The standard InChI is InChI=1S/C17H13BrClFN2O2/c1-10(17(23)24)7-16(11-5-6-15(20)14(18)8-11)22(21)13-4-2-3-12(19)9-13/h2-9H,1,21H2,(H,23,24)/b16-7-. The average molecular weight is 412 g/mol. The molecular formula is C17H13BrClFN2O2. The molecule has 0 saturated carbocycles. The predicted octanol–water partition coefficient (Wildman–Crippen LogP) is 4.60. The Labute approximate surface area is 151 Å². The summed E-state index contributed by atoms with van der Waals surface area (Å²) in [7, 11) is 0. The van der Waals surface area contributed by atoms with E-state index < -0.39 is 11.8 Å². The van der Waals surface area contributed by atoms with Gasteiger partial charge in [-0.15, -0.1) is 0 Å². The van der Waals surface area contributed by atoms with E-state index >= 15 is 0 Å². The molecule has 0 atom stereocenters. The quantitative estimate of drug-likeness (QED) is 0.326. The minimum atomic E-state index is -1.19. The predicted molar refractivity (Wildman–Crippen MR) is 97.0 cm³/mol. The maximum absolute atomic E-state index is 13.5. The number of carbonyl (C=O) groups is 1. The number of nitrogens with zero attached hydrogens (tertiary/aromatic N) is 1. The van der Waals surface area contributed by atoms with Crippen LogP contribution in [-0.2, 0) is 4.79 Å². The van der Waals surface area contributed by atoms with Crippen LogP contribution in [0.1, 0.15) is 5.56 Å². The molecule has 0 unspecified atom stereocenters. The molecule has 0 spiro atoms. The number of nitrogens with two attached hydrogens (primary N) is 1. The van der Waals surface area contributed by atoms with Crippen molar-refractivity contribution in [3.05, 3.63) is 81.6 Å². The van der Waals surface area contributed by atoms with E-state index in [9.17, 15) is 9.18 Å². The van der Waals surface area contributed by atoms with Gasteiger partial charge in [0.1, 0.15) is 5.82 Å². The lowest BCUT2D eigenvalue weighted by molar-refractivity contribution is -0.132. The second-order valence-corrected chi connectivity index (χ2v) is 6.13. The maximum Gasteiger partial charge on any atom is 0.335 e. The van der Waals surface area contributed by atoms with E-state index in [1.807, 2.05) is 0 Å². The molecule has 0 amide bonds. The van der Waals surface area contributed by atoms with Crippen molar-refractivity contribution in [1.82, 2.24) is 0 Å². The Morgan fingerprint density at radius 1 is 1.33 bits per heavy atom. The maximum atomic E-state index is 13.5. The molecule has 4 nitrogen and oxygen atoms in total. The fourth-order valence-corrected chi connectivity index (χ4v) is 2.50. The molecule has 124 valence electrons. The van der Waals surface area contributed by atoms with Crippen LogP contribution in [0.15, 0.2) is 65.2 Å². The Hall–Kier alpha value is -2.15. The summed E-state index contributed by atoms with van der Waals surface area (Å²) in [6.45, 7) is 3.48. The Morgan fingerprint density at radius 3 is 2.62 bits per heavy atom. The number of halogens is 3. The highest BCUT2D eigenvalue weighted by atomic mass is 79.9. The molecule has 0 aliphatic rings. The van der Waals surface area contributed by atoms with Gasteiger partial charge in [0.15, 0.2) is 0 Å². The van der Waals surface area contributed by atoms with E-state index in [0.717, 1.165) is 0 Å². The molecule has 0 aliphatic heterocycles. The van der Waals surface area contributed by atoms with Crippen LogP contribution in [-0.4, -0.2) is 11.1 Å². The summed E-state index contributed by atoms with van der Waals surface area (Å²) in [5, 5.41) is 10.8. The molecule has 2 aromatic carbocycles. The normalized spacial score (nSPS) is 11.2. The van der Waals surface area contributed by atoms with Crippen molar-refractivity contribution >= 4 is 44.9 Å². The summed E-state index contributed by atoms with van der Waals surface area (Å²) in [6, 6.07) is 11.0. The third kappa shape index (κ3) is 4.23. The first-order valence-corrected chi connectivity index (χ1v) is 7.86. The van der Waals surface area contributed by atoms with Crippen LogP contribution in [0, 0.1) is 5.82 Å². The molecule has 24 heavy (non-hydrogen) atoms. The first-order valence-electron chi connectivity index (χ1n) is 6.69. The molecular weight excluding hydrogens is 399 g/mol. The van der Waals surface area contributed by atoms with Gasteiger partial charge in [0.05, 0.1) is 21.4 Å². The van der Waals surface area contributed by atoms with Crippen LogP contribution < -0.4 is 10.9 Å². The second-order valence-electron chi connectivity index (χ2n) is 4.84. The lowest BCUT2D eigenvalue weighted by Crippen LogP contribution is -2.29. The summed E-state index contributed by atoms with van der Waals surface area (Å²) in [5.74, 6) is 4.51. The highest BCUT2D eigenvalue weighted by molar-refractivity contribution is 9.10. The van der Waals surface area contributed by atoms with Crippen LogP contribution >= 0.6 is 27.5 Å². The van der Waals surface area contributed by atoms with Crippen molar-refractivity contribution in [2.75, 3.05) is 5.01 Å². The lowest BCUT2D eigenvalue weighted by atomic mass is 10.1.